The molecule has 0 aliphatic carbocycles. The van der Waals surface area contributed by atoms with Gasteiger partial charge in [-0.3, -0.25) is 4.79 Å². The highest BCUT2D eigenvalue weighted by Gasteiger charge is 2.19. The smallest absolute Gasteiger partial charge is 0.290 e. The van der Waals surface area contributed by atoms with Crippen molar-refractivity contribution in [3.8, 4) is 17.4 Å². The lowest BCUT2D eigenvalue weighted by Crippen LogP contribution is -2.24. The van der Waals surface area contributed by atoms with Crippen LogP contribution in [-0.2, 0) is 17.9 Å². The lowest BCUT2D eigenvalue weighted by atomic mass is 10.1. The van der Waals surface area contributed by atoms with Crippen LogP contribution >= 0.6 is 0 Å². The van der Waals surface area contributed by atoms with E-state index < -0.39 is 11.7 Å². The summed E-state index contributed by atoms with van der Waals surface area (Å²) in [5.74, 6) is 0.628. The number of nitrogens with one attached hydrogen (secondary N) is 1. The largest absolute Gasteiger partial charge is 0.467 e. The van der Waals surface area contributed by atoms with Gasteiger partial charge in [0, 0.05) is 23.7 Å². The maximum Gasteiger partial charge on any atom is 0.290 e. The number of carbonyl (C=O) groups is 1. The summed E-state index contributed by atoms with van der Waals surface area (Å²) in [6.07, 6.45) is 0. The van der Waals surface area contributed by atoms with Crippen LogP contribution < -0.4 is 14.8 Å². The highest BCUT2D eigenvalue weighted by Crippen LogP contribution is 2.30. The fourth-order valence-electron chi connectivity index (χ4n) is 3.26. The Labute approximate surface area is 167 Å². The highest BCUT2D eigenvalue weighted by molar-refractivity contribution is 5.91. The third kappa shape index (κ3) is 4.41. The van der Waals surface area contributed by atoms with E-state index in [-0.39, 0.29) is 31.7 Å². The van der Waals surface area contributed by atoms with Crippen molar-refractivity contribution in [3.05, 3.63) is 76.3 Å². The lowest BCUT2D eigenvalue weighted by molar-refractivity contribution is -0.0173. The van der Waals surface area contributed by atoms with Crippen molar-refractivity contribution in [2.75, 3.05) is 6.79 Å². The predicted molar refractivity (Wildman–Crippen MR) is 103 cm³/mol. The molecule has 1 aliphatic heterocycles. The molecule has 4 rings (SSSR count). The number of amides is 1. The zero-order valence-electron chi connectivity index (χ0n) is 16.1. The van der Waals surface area contributed by atoms with E-state index in [4.69, 9.17) is 18.6 Å². The molecule has 0 unspecified atom stereocenters. The van der Waals surface area contributed by atoms with E-state index in [1.807, 2.05) is 32.0 Å². The molecular formula is C22H20FNO5. The lowest BCUT2D eigenvalue weighted by Gasteiger charge is -2.20. The summed E-state index contributed by atoms with van der Waals surface area (Å²) in [5, 5.41) is 2.71. The van der Waals surface area contributed by atoms with E-state index in [1.165, 1.54) is 18.2 Å². The summed E-state index contributed by atoms with van der Waals surface area (Å²) in [6, 6.07) is 11.6. The first-order chi connectivity index (χ1) is 14.0. The summed E-state index contributed by atoms with van der Waals surface area (Å²) >= 11 is 0. The number of hydrogen-bond donors (Lipinski definition) is 1. The van der Waals surface area contributed by atoms with Gasteiger partial charge in [0.1, 0.15) is 17.3 Å². The zero-order valence-corrected chi connectivity index (χ0v) is 16.1. The summed E-state index contributed by atoms with van der Waals surface area (Å²) < 4.78 is 35.6. The Morgan fingerprint density at radius 3 is 2.72 bits per heavy atom. The number of fused-ring (bicyclic) bond motifs is 1. The van der Waals surface area contributed by atoms with Gasteiger partial charge >= 0.3 is 0 Å². The third-order valence-corrected chi connectivity index (χ3v) is 4.41. The average Bonchev–Trinajstić information content (AvgIpc) is 3.13. The second kappa shape index (κ2) is 7.97. The molecule has 1 aromatic heterocycles. The topological polar surface area (TPSA) is 69.9 Å². The van der Waals surface area contributed by atoms with Gasteiger partial charge in [0.25, 0.3) is 11.9 Å². The Hall–Kier alpha value is -3.32. The van der Waals surface area contributed by atoms with Crippen molar-refractivity contribution in [2.24, 2.45) is 0 Å². The van der Waals surface area contributed by atoms with E-state index in [9.17, 15) is 9.18 Å². The quantitative estimate of drug-likeness (QED) is 0.680. The molecule has 0 atom stereocenters. The van der Waals surface area contributed by atoms with Gasteiger partial charge in [0.05, 0.1) is 6.61 Å². The first-order valence-electron chi connectivity index (χ1n) is 9.14. The van der Waals surface area contributed by atoms with Crippen molar-refractivity contribution in [1.29, 1.82) is 0 Å². The normalized spacial score (nSPS) is 12.8. The molecule has 7 heteroatoms. The van der Waals surface area contributed by atoms with Crippen LogP contribution in [0.5, 0.6) is 17.4 Å². The van der Waals surface area contributed by atoms with Crippen LogP contribution in [-0.4, -0.2) is 12.7 Å². The summed E-state index contributed by atoms with van der Waals surface area (Å²) in [6.45, 7) is 4.40. The van der Waals surface area contributed by atoms with Gasteiger partial charge in [-0.15, -0.1) is 0 Å². The summed E-state index contributed by atoms with van der Waals surface area (Å²) in [7, 11) is 0. The van der Waals surface area contributed by atoms with E-state index >= 15 is 0 Å². The number of hydrogen-bond acceptors (Lipinski definition) is 5. The Morgan fingerprint density at radius 2 is 1.93 bits per heavy atom. The van der Waals surface area contributed by atoms with Gasteiger partial charge in [0.2, 0.25) is 0 Å². The molecule has 6 nitrogen and oxygen atoms in total. The molecule has 150 valence electrons. The van der Waals surface area contributed by atoms with Crippen LogP contribution in [0.4, 0.5) is 4.39 Å². The second-order valence-corrected chi connectivity index (χ2v) is 6.89. The van der Waals surface area contributed by atoms with Crippen LogP contribution in [0.15, 0.2) is 46.9 Å². The molecule has 1 amide bonds. The summed E-state index contributed by atoms with van der Waals surface area (Å²) in [4.78, 5) is 12.4. The van der Waals surface area contributed by atoms with Crippen LogP contribution in [0.3, 0.4) is 0 Å². The Morgan fingerprint density at radius 1 is 1.14 bits per heavy atom. The number of halogens is 1. The molecule has 0 saturated heterocycles. The maximum absolute atomic E-state index is 13.8. The van der Waals surface area contributed by atoms with Gasteiger partial charge in [-0.1, -0.05) is 6.07 Å². The Kier molecular flexibility index (Phi) is 5.22. The van der Waals surface area contributed by atoms with Crippen molar-refractivity contribution in [2.45, 2.75) is 27.0 Å². The SMILES string of the molecule is Cc1cc(C)cc(Oc2ccc(C(=O)NCc3cc(F)cc4c3OCOC4)o2)c1. The molecule has 2 aromatic carbocycles. The minimum Gasteiger partial charge on any atom is -0.467 e. The van der Waals surface area contributed by atoms with Gasteiger partial charge < -0.3 is 23.9 Å². The summed E-state index contributed by atoms with van der Waals surface area (Å²) in [5.41, 5.74) is 3.28. The number of carbonyl (C=O) groups excluding carboxylic acids is 1. The van der Waals surface area contributed by atoms with Crippen LogP contribution in [0.2, 0.25) is 0 Å². The number of aryl methyl sites for hydroxylation is 2. The van der Waals surface area contributed by atoms with Crippen molar-refractivity contribution in [1.82, 2.24) is 5.32 Å². The predicted octanol–water partition coefficient (Wildman–Crippen LogP) is 4.62. The minimum atomic E-state index is -0.439. The molecule has 29 heavy (non-hydrogen) atoms. The third-order valence-electron chi connectivity index (χ3n) is 4.41. The molecule has 1 aliphatic rings. The maximum atomic E-state index is 13.8. The van der Waals surface area contributed by atoms with Crippen molar-refractivity contribution < 1.29 is 27.8 Å². The molecule has 0 spiro atoms. The van der Waals surface area contributed by atoms with Crippen LogP contribution in [0, 0.1) is 19.7 Å². The first kappa shape index (κ1) is 19.0. The van der Waals surface area contributed by atoms with Gasteiger partial charge in [-0.05, 0) is 55.3 Å². The molecular weight excluding hydrogens is 377 g/mol. The number of rotatable bonds is 5. The number of furan rings is 1. The molecule has 0 radical (unpaired) electrons. The van der Waals surface area contributed by atoms with Crippen molar-refractivity contribution >= 4 is 5.91 Å². The first-order valence-corrected chi connectivity index (χ1v) is 9.14. The van der Waals surface area contributed by atoms with Gasteiger partial charge in [-0.2, -0.15) is 0 Å². The molecule has 0 fully saturated rings. The molecule has 2 heterocycles. The fraction of sp³-hybridized carbons (Fsp3) is 0.227. The monoisotopic (exact) mass is 397 g/mol. The Bertz CT molecular complexity index is 1040. The van der Waals surface area contributed by atoms with Crippen LogP contribution in [0.1, 0.15) is 32.8 Å². The fourth-order valence-corrected chi connectivity index (χ4v) is 3.26. The Balaban J connectivity index is 1.43. The molecule has 0 bridgehead atoms. The standard InChI is InChI=1S/C22H20FNO5/c1-13-5-14(2)7-18(6-13)28-20-4-3-19(29-20)22(25)24-10-15-8-17(23)9-16-11-26-12-27-21(15)16/h3-9H,10-12H2,1-2H3,(H,24,25). The second-order valence-electron chi connectivity index (χ2n) is 6.89. The minimum absolute atomic E-state index is 0.0902. The van der Waals surface area contributed by atoms with Crippen LogP contribution in [0.25, 0.3) is 0 Å². The van der Waals surface area contributed by atoms with E-state index in [1.54, 1.807) is 6.07 Å². The van der Waals surface area contributed by atoms with E-state index in [0.717, 1.165) is 11.1 Å². The van der Waals surface area contributed by atoms with Gasteiger partial charge in [0.15, 0.2) is 12.6 Å². The van der Waals surface area contributed by atoms with Gasteiger partial charge in [-0.25, -0.2) is 4.39 Å². The van der Waals surface area contributed by atoms with E-state index in [0.29, 0.717) is 22.6 Å². The average molecular weight is 397 g/mol. The highest BCUT2D eigenvalue weighted by atomic mass is 19.1. The number of benzene rings is 2. The molecule has 1 N–H and O–H groups in total. The zero-order chi connectivity index (χ0) is 20.4. The van der Waals surface area contributed by atoms with Crippen molar-refractivity contribution in [3.63, 3.8) is 0 Å². The van der Waals surface area contributed by atoms with E-state index in [2.05, 4.69) is 5.32 Å². The number of ether oxygens (including phenoxy) is 3. The molecule has 3 aromatic rings. The molecule has 0 saturated carbocycles.